The predicted octanol–water partition coefficient (Wildman–Crippen LogP) is 1.01. The van der Waals surface area contributed by atoms with Gasteiger partial charge in [-0.2, -0.15) is 0 Å². The Labute approximate surface area is 100 Å². The first kappa shape index (κ1) is 12.3. The van der Waals surface area contributed by atoms with E-state index in [-0.39, 0.29) is 0 Å². The van der Waals surface area contributed by atoms with Gasteiger partial charge in [0.15, 0.2) is 0 Å². The number of nitrogens with one attached hydrogen (secondary N) is 1. The molecule has 1 N–H and O–H groups in total. The second-order valence-electron chi connectivity index (χ2n) is 5.50. The number of hydrogen-bond acceptors (Lipinski definition) is 3. The van der Waals surface area contributed by atoms with E-state index >= 15 is 0 Å². The van der Waals surface area contributed by atoms with Crippen molar-refractivity contribution in [2.75, 3.05) is 52.9 Å². The summed E-state index contributed by atoms with van der Waals surface area (Å²) in [5, 5.41) is 3.60. The molecule has 0 aromatic rings. The van der Waals surface area contributed by atoms with Gasteiger partial charge < -0.3 is 15.1 Å². The molecule has 0 unspecified atom stereocenters. The molecule has 0 radical (unpaired) electrons. The third-order valence-corrected chi connectivity index (χ3v) is 4.08. The Morgan fingerprint density at radius 1 is 1.12 bits per heavy atom. The predicted molar refractivity (Wildman–Crippen MR) is 68.8 cm³/mol. The standard InChI is InChI=1S/C13H27N3/c1-15-8-10-16(11-9-15)7-3-6-14-12-13-4-2-5-13/h13-14H,2-12H2,1H3. The van der Waals surface area contributed by atoms with E-state index in [1.807, 2.05) is 0 Å². The van der Waals surface area contributed by atoms with Gasteiger partial charge in [-0.1, -0.05) is 6.42 Å². The second-order valence-corrected chi connectivity index (χ2v) is 5.50. The molecular weight excluding hydrogens is 198 g/mol. The van der Waals surface area contributed by atoms with E-state index in [0.717, 1.165) is 5.92 Å². The van der Waals surface area contributed by atoms with Gasteiger partial charge in [0.2, 0.25) is 0 Å². The highest BCUT2D eigenvalue weighted by molar-refractivity contribution is 4.72. The second kappa shape index (κ2) is 6.58. The average molecular weight is 225 g/mol. The molecular formula is C13H27N3. The topological polar surface area (TPSA) is 18.5 Å². The van der Waals surface area contributed by atoms with Crippen LogP contribution in [0.15, 0.2) is 0 Å². The van der Waals surface area contributed by atoms with Gasteiger partial charge in [-0.15, -0.1) is 0 Å². The number of rotatable bonds is 6. The Morgan fingerprint density at radius 3 is 2.50 bits per heavy atom. The summed E-state index contributed by atoms with van der Waals surface area (Å²) in [6.45, 7) is 8.78. The summed E-state index contributed by atoms with van der Waals surface area (Å²) in [6, 6.07) is 0. The van der Waals surface area contributed by atoms with Crippen molar-refractivity contribution in [1.29, 1.82) is 0 Å². The molecule has 0 atom stereocenters. The van der Waals surface area contributed by atoms with Crippen molar-refractivity contribution >= 4 is 0 Å². The van der Waals surface area contributed by atoms with E-state index in [9.17, 15) is 0 Å². The van der Waals surface area contributed by atoms with Crippen molar-refractivity contribution < 1.29 is 0 Å². The van der Waals surface area contributed by atoms with E-state index in [4.69, 9.17) is 0 Å². The summed E-state index contributed by atoms with van der Waals surface area (Å²) < 4.78 is 0. The zero-order chi connectivity index (χ0) is 11.2. The highest BCUT2D eigenvalue weighted by Crippen LogP contribution is 2.24. The van der Waals surface area contributed by atoms with Crippen LogP contribution in [0.1, 0.15) is 25.7 Å². The molecule has 94 valence electrons. The quantitative estimate of drug-likeness (QED) is 0.681. The van der Waals surface area contributed by atoms with Crippen LogP contribution >= 0.6 is 0 Å². The first-order chi connectivity index (χ1) is 7.84. The van der Waals surface area contributed by atoms with E-state index in [1.165, 1.54) is 71.5 Å². The smallest absolute Gasteiger partial charge is 0.0110 e. The number of piperazine rings is 1. The van der Waals surface area contributed by atoms with Crippen molar-refractivity contribution in [2.45, 2.75) is 25.7 Å². The third-order valence-electron chi connectivity index (χ3n) is 4.08. The van der Waals surface area contributed by atoms with Crippen LogP contribution in [0.5, 0.6) is 0 Å². The van der Waals surface area contributed by atoms with Crippen LogP contribution in [-0.4, -0.2) is 62.7 Å². The molecule has 3 nitrogen and oxygen atoms in total. The number of likely N-dealkylation sites (N-methyl/N-ethyl adjacent to an activating group) is 1. The van der Waals surface area contributed by atoms with Gasteiger partial charge in [-0.3, -0.25) is 0 Å². The van der Waals surface area contributed by atoms with Crippen molar-refractivity contribution in [3.63, 3.8) is 0 Å². The first-order valence-corrected chi connectivity index (χ1v) is 6.96. The first-order valence-electron chi connectivity index (χ1n) is 6.96. The molecule has 0 spiro atoms. The minimum absolute atomic E-state index is 1.00. The Bertz CT molecular complexity index is 184. The normalized spacial score (nSPS) is 24.6. The van der Waals surface area contributed by atoms with Crippen molar-refractivity contribution in [3.05, 3.63) is 0 Å². The van der Waals surface area contributed by atoms with E-state index in [1.54, 1.807) is 0 Å². The van der Waals surface area contributed by atoms with E-state index in [0.29, 0.717) is 0 Å². The maximum Gasteiger partial charge on any atom is 0.0110 e. The summed E-state index contributed by atoms with van der Waals surface area (Å²) in [7, 11) is 2.22. The zero-order valence-corrected chi connectivity index (χ0v) is 10.7. The van der Waals surface area contributed by atoms with Crippen molar-refractivity contribution in [2.24, 2.45) is 5.92 Å². The monoisotopic (exact) mass is 225 g/mol. The molecule has 1 aliphatic carbocycles. The summed E-state index contributed by atoms with van der Waals surface area (Å²) >= 11 is 0. The van der Waals surface area contributed by atoms with Crippen LogP contribution < -0.4 is 5.32 Å². The fourth-order valence-corrected chi connectivity index (χ4v) is 2.50. The summed E-state index contributed by atoms with van der Waals surface area (Å²) in [5.41, 5.74) is 0. The van der Waals surface area contributed by atoms with Gasteiger partial charge in [0.1, 0.15) is 0 Å². The van der Waals surface area contributed by atoms with Crippen LogP contribution in [0.25, 0.3) is 0 Å². The fourth-order valence-electron chi connectivity index (χ4n) is 2.50. The SMILES string of the molecule is CN1CCN(CCCNCC2CCC2)CC1. The zero-order valence-electron chi connectivity index (χ0n) is 10.7. The number of nitrogens with zero attached hydrogens (tertiary/aromatic N) is 2. The minimum Gasteiger partial charge on any atom is -0.316 e. The molecule has 2 aliphatic rings. The molecule has 3 heteroatoms. The van der Waals surface area contributed by atoms with E-state index < -0.39 is 0 Å². The van der Waals surface area contributed by atoms with Crippen LogP contribution in [0.2, 0.25) is 0 Å². The Kier molecular flexibility index (Phi) is 5.07. The molecule has 2 fully saturated rings. The van der Waals surface area contributed by atoms with Gasteiger partial charge in [0.25, 0.3) is 0 Å². The molecule has 2 rings (SSSR count). The summed E-state index contributed by atoms with van der Waals surface area (Å²) in [5.74, 6) is 1.00. The molecule has 1 heterocycles. The van der Waals surface area contributed by atoms with Gasteiger partial charge in [0.05, 0.1) is 0 Å². The van der Waals surface area contributed by atoms with Gasteiger partial charge in [-0.25, -0.2) is 0 Å². The Hall–Kier alpha value is -0.120. The van der Waals surface area contributed by atoms with Crippen molar-refractivity contribution in [3.8, 4) is 0 Å². The van der Waals surface area contributed by atoms with Gasteiger partial charge >= 0.3 is 0 Å². The van der Waals surface area contributed by atoms with Gasteiger partial charge in [0, 0.05) is 26.2 Å². The van der Waals surface area contributed by atoms with Crippen LogP contribution in [0, 0.1) is 5.92 Å². The molecule has 0 bridgehead atoms. The Morgan fingerprint density at radius 2 is 1.88 bits per heavy atom. The summed E-state index contributed by atoms with van der Waals surface area (Å²) in [6.07, 6.45) is 5.71. The van der Waals surface area contributed by atoms with Crippen molar-refractivity contribution in [1.82, 2.24) is 15.1 Å². The summed E-state index contributed by atoms with van der Waals surface area (Å²) in [4.78, 5) is 5.02. The lowest BCUT2D eigenvalue weighted by Gasteiger charge is -2.32. The molecule has 0 amide bonds. The van der Waals surface area contributed by atoms with E-state index in [2.05, 4.69) is 22.2 Å². The highest BCUT2D eigenvalue weighted by Gasteiger charge is 2.16. The lowest BCUT2D eigenvalue weighted by molar-refractivity contribution is 0.152. The van der Waals surface area contributed by atoms with Crippen LogP contribution in [-0.2, 0) is 0 Å². The van der Waals surface area contributed by atoms with Crippen LogP contribution in [0.3, 0.4) is 0 Å². The fraction of sp³-hybridized carbons (Fsp3) is 1.00. The largest absolute Gasteiger partial charge is 0.316 e. The number of hydrogen-bond donors (Lipinski definition) is 1. The molecule has 16 heavy (non-hydrogen) atoms. The lowest BCUT2D eigenvalue weighted by Crippen LogP contribution is -2.45. The molecule has 1 saturated carbocycles. The van der Waals surface area contributed by atoms with Crippen LogP contribution in [0.4, 0.5) is 0 Å². The maximum atomic E-state index is 3.60. The van der Waals surface area contributed by atoms with Gasteiger partial charge in [-0.05, 0) is 51.9 Å². The molecule has 0 aromatic carbocycles. The highest BCUT2D eigenvalue weighted by atomic mass is 15.2. The average Bonchev–Trinajstić information content (AvgIpc) is 2.23. The minimum atomic E-state index is 1.00. The molecule has 1 saturated heterocycles. The Balaban J connectivity index is 1.42. The maximum absolute atomic E-state index is 3.60. The molecule has 0 aromatic heterocycles. The lowest BCUT2D eigenvalue weighted by atomic mass is 9.85. The third kappa shape index (κ3) is 4.04. The molecule has 1 aliphatic heterocycles.